The molecule has 0 aromatic rings. The minimum Gasteiger partial charge on any atom is -0.462 e. The third kappa shape index (κ3) is 7.97. The highest BCUT2D eigenvalue weighted by Crippen LogP contribution is 2.31. The van der Waals surface area contributed by atoms with Crippen molar-refractivity contribution in [3.8, 4) is 0 Å². The molecule has 0 aromatic carbocycles. The number of carbonyl (C=O) groups is 1. The Labute approximate surface area is 192 Å². The zero-order valence-electron chi connectivity index (χ0n) is 18.9. The van der Waals surface area contributed by atoms with Gasteiger partial charge < -0.3 is 14.6 Å². The smallest absolute Gasteiger partial charge is 0.337 e. The SMILES string of the molecule is O=C(OCCC1CCCCC1)C1=CC(C(O)OCCC2CCCCC2)CC(S(=O)(=O)O)=C1. The van der Waals surface area contributed by atoms with E-state index in [1.165, 1.54) is 57.4 Å². The van der Waals surface area contributed by atoms with Crippen LogP contribution in [0.4, 0.5) is 0 Å². The number of aliphatic hydroxyl groups excluding tert-OH is 1. The summed E-state index contributed by atoms with van der Waals surface area (Å²) in [4.78, 5) is 12.3. The molecule has 0 aromatic heterocycles. The molecule has 0 radical (unpaired) electrons. The minimum atomic E-state index is -4.49. The topological polar surface area (TPSA) is 110 Å². The quantitative estimate of drug-likeness (QED) is 0.274. The van der Waals surface area contributed by atoms with E-state index in [9.17, 15) is 22.9 Å². The van der Waals surface area contributed by atoms with E-state index in [2.05, 4.69) is 0 Å². The molecule has 32 heavy (non-hydrogen) atoms. The molecule has 0 aliphatic heterocycles. The van der Waals surface area contributed by atoms with Crippen molar-refractivity contribution in [1.82, 2.24) is 0 Å². The lowest BCUT2D eigenvalue weighted by Crippen LogP contribution is -2.28. The van der Waals surface area contributed by atoms with E-state index in [-0.39, 0.29) is 23.5 Å². The second kappa shape index (κ2) is 12.3. The summed E-state index contributed by atoms with van der Waals surface area (Å²) in [7, 11) is -4.49. The largest absolute Gasteiger partial charge is 0.462 e. The number of hydrogen-bond donors (Lipinski definition) is 2. The molecule has 0 bridgehead atoms. The molecule has 0 spiro atoms. The zero-order valence-corrected chi connectivity index (χ0v) is 19.7. The van der Waals surface area contributed by atoms with Crippen LogP contribution in [0.15, 0.2) is 22.6 Å². The maximum Gasteiger partial charge on any atom is 0.337 e. The highest BCUT2D eigenvalue weighted by Gasteiger charge is 2.31. The number of allylic oxidation sites excluding steroid dienone is 1. The molecule has 8 heteroatoms. The van der Waals surface area contributed by atoms with E-state index in [0.717, 1.165) is 31.8 Å². The summed E-state index contributed by atoms with van der Waals surface area (Å²) in [6.07, 6.45) is 15.0. The number of carbonyl (C=O) groups excluding carboxylic acids is 1. The molecule has 3 aliphatic rings. The fourth-order valence-corrected chi connectivity index (χ4v) is 5.80. The summed E-state index contributed by atoms with van der Waals surface area (Å²) >= 11 is 0. The van der Waals surface area contributed by atoms with Gasteiger partial charge in [0.05, 0.1) is 23.7 Å². The lowest BCUT2D eigenvalue weighted by atomic mass is 9.87. The molecular weight excluding hydrogens is 432 g/mol. The summed E-state index contributed by atoms with van der Waals surface area (Å²) < 4.78 is 44.0. The van der Waals surface area contributed by atoms with Crippen LogP contribution in [0.2, 0.25) is 0 Å². The highest BCUT2D eigenvalue weighted by atomic mass is 32.2. The molecule has 2 unspecified atom stereocenters. The first kappa shape index (κ1) is 25.4. The molecule has 0 heterocycles. The monoisotopic (exact) mass is 470 g/mol. The van der Waals surface area contributed by atoms with Crippen LogP contribution in [0.25, 0.3) is 0 Å². The maximum absolute atomic E-state index is 12.6. The lowest BCUT2D eigenvalue weighted by molar-refractivity contribution is -0.139. The molecule has 2 atom stereocenters. The number of hydrogen-bond acceptors (Lipinski definition) is 6. The summed E-state index contributed by atoms with van der Waals surface area (Å²) in [6, 6.07) is 0. The van der Waals surface area contributed by atoms with Gasteiger partial charge in [-0.15, -0.1) is 0 Å². The van der Waals surface area contributed by atoms with Crippen molar-refractivity contribution in [2.45, 2.75) is 89.8 Å². The van der Waals surface area contributed by atoms with Gasteiger partial charge in [-0.1, -0.05) is 70.3 Å². The standard InChI is InChI=1S/C24H38O7S/c25-23(30-13-11-18-7-3-1-4-8-18)20-15-21(17-22(16-20)32(27,28)29)24(26)31-14-12-19-9-5-2-6-10-19/h15-16,18-19,21,24,26H,1-14,17H2,(H,27,28,29). The van der Waals surface area contributed by atoms with Crippen molar-refractivity contribution in [3.05, 3.63) is 22.6 Å². The molecule has 2 saturated carbocycles. The summed E-state index contributed by atoms with van der Waals surface area (Å²) in [5.74, 6) is -0.223. The molecule has 7 nitrogen and oxygen atoms in total. The van der Waals surface area contributed by atoms with Crippen LogP contribution >= 0.6 is 0 Å². The van der Waals surface area contributed by atoms with Crippen molar-refractivity contribution < 1.29 is 32.3 Å². The number of aliphatic hydroxyl groups is 1. The fourth-order valence-electron chi connectivity index (χ4n) is 5.12. The van der Waals surface area contributed by atoms with Crippen molar-refractivity contribution in [1.29, 1.82) is 0 Å². The number of ether oxygens (including phenoxy) is 2. The van der Waals surface area contributed by atoms with Gasteiger partial charge >= 0.3 is 5.97 Å². The van der Waals surface area contributed by atoms with Gasteiger partial charge in [-0.25, -0.2) is 4.79 Å². The predicted molar refractivity (Wildman–Crippen MR) is 121 cm³/mol. The van der Waals surface area contributed by atoms with Crippen molar-refractivity contribution in [2.75, 3.05) is 13.2 Å². The molecule has 0 amide bonds. The molecule has 0 saturated heterocycles. The number of rotatable bonds is 10. The lowest BCUT2D eigenvalue weighted by Gasteiger charge is -2.26. The first-order valence-electron chi connectivity index (χ1n) is 12.2. The Bertz CT molecular complexity index is 774. The minimum absolute atomic E-state index is 0.0347. The average Bonchev–Trinajstić information content (AvgIpc) is 2.79. The van der Waals surface area contributed by atoms with Crippen LogP contribution in [-0.4, -0.2) is 43.6 Å². The Morgan fingerprint density at radius 2 is 1.53 bits per heavy atom. The Morgan fingerprint density at radius 1 is 0.969 bits per heavy atom. The summed E-state index contributed by atoms with van der Waals surface area (Å²) in [5, 5.41) is 10.5. The third-order valence-electron chi connectivity index (χ3n) is 7.10. The van der Waals surface area contributed by atoms with Crippen molar-refractivity contribution in [2.24, 2.45) is 17.8 Å². The van der Waals surface area contributed by atoms with Gasteiger partial charge in [-0.2, -0.15) is 8.42 Å². The second-order valence-corrected chi connectivity index (χ2v) is 11.0. The van der Waals surface area contributed by atoms with Crippen molar-refractivity contribution in [3.63, 3.8) is 0 Å². The van der Waals surface area contributed by atoms with E-state index in [1.807, 2.05) is 0 Å². The van der Waals surface area contributed by atoms with Crippen LogP contribution in [0.5, 0.6) is 0 Å². The third-order valence-corrected chi connectivity index (χ3v) is 8.05. The average molecular weight is 471 g/mol. The Kier molecular flexibility index (Phi) is 9.77. The van der Waals surface area contributed by atoms with Gasteiger partial charge in [-0.05, 0) is 37.2 Å². The maximum atomic E-state index is 12.6. The van der Waals surface area contributed by atoms with Crippen LogP contribution in [0.3, 0.4) is 0 Å². The Balaban J connectivity index is 1.55. The van der Waals surface area contributed by atoms with Crippen LogP contribution in [0.1, 0.15) is 83.5 Å². The molecular formula is C24H38O7S. The van der Waals surface area contributed by atoms with Gasteiger partial charge in [0.15, 0.2) is 6.29 Å². The molecule has 3 rings (SSSR count). The predicted octanol–water partition coefficient (Wildman–Crippen LogP) is 4.52. The Hall–Kier alpha value is -1.22. The van der Waals surface area contributed by atoms with E-state index >= 15 is 0 Å². The van der Waals surface area contributed by atoms with E-state index in [4.69, 9.17) is 9.47 Å². The van der Waals surface area contributed by atoms with E-state index in [1.54, 1.807) is 0 Å². The second-order valence-electron chi connectivity index (χ2n) is 9.56. The van der Waals surface area contributed by atoms with Crippen LogP contribution in [0, 0.1) is 17.8 Å². The van der Waals surface area contributed by atoms with Gasteiger partial charge in [0.1, 0.15) is 0 Å². The van der Waals surface area contributed by atoms with E-state index < -0.39 is 28.3 Å². The zero-order chi connectivity index (χ0) is 23.0. The van der Waals surface area contributed by atoms with Gasteiger partial charge in [0.25, 0.3) is 10.1 Å². The summed E-state index contributed by atoms with van der Waals surface area (Å²) in [6.45, 7) is 0.656. The van der Waals surface area contributed by atoms with Gasteiger partial charge in [0, 0.05) is 5.92 Å². The van der Waals surface area contributed by atoms with Gasteiger partial charge in [-0.3, -0.25) is 4.55 Å². The molecule has 182 valence electrons. The molecule has 2 N–H and O–H groups in total. The first-order valence-corrected chi connectivity index (χ1v) is 13.6. The molecule has 3 aliphatic carbocycles. The van der Waals surface area contributed by atoms with Gasteiger partial charge in [0.2, 0.25) is 0 Å². The number of esters is 1. The normalized spacial score (nSPS) is 24.5. The first-order chi connectivity index (χ1) is 15.3. The fraction of sp³-hybridized carbons (Fsp3) is 0.792. The van der Waals surface area contributed by atoms with Crippen LogP contribution < -0.4 is 0 Å². The van der Waals surface area contributed by atoms with Crippen molar-refractivity contribution >= 4 is 16.1 Å². The van der Waals surface area contributed by atoms with Crippen LogP contribution in [-0.2, 0) is 24.4 Å². The van der Waals surface area contributed by atoms with E-state index in [0.29, 0.717) is 18.4 Å². The summed E-state index contributed by atoms with van der Waals surface area (Å²) in [5.41, 5.74) is 0.0347. The Morgan fingerprint density at radius 3 is 2.09 bits per heavy atom. The molecule has 2 fully saturated rings. The highest BCUT2D eigenvalue weighted by molar-refractivity contribution is 7.89.